The summed E-state index contributed by atoms with van der Waals surface area (Å²) < 4.78 is 5.04. The zero-order chi connectivity index (χ0) is 12.1. The summed E-state index contributed by atoms with van der Waals surface area (Å²) in [4.78, 5) is 23.2. The third kappa shape index (κ3) is 6.38. The van der Waals surface area contributed by atoms with Crippen molar-refractivity contribution in [3.63, 3.8) is 0 Å². The van der Waals surface area contributed by atoms with Crippen LogP contribution in [0.4, 0.5) is 4.79 Å². The molecule has 0 aliphatic rings. The maximum absolute atomic E-state index is 11.5. The standard InChI is InChI=1S/C10H16N2O3/c1-5-6-12(7-8(11)13)9(14)15-10(2,3)4/h1H,6-7H2,2-4H3,(H2,11,13). The van der Waals surface area contributed by atoms with Gasteiger partial charge >= 0.3 is 6.09 Å². The highest BCUT2D eigenvalue weighted by atomic mass is 16.6. The first-order chi connectivity index (χ1) is 6.76. The molecule has 0 atom stereocenters. The molecule has 0 aromatic rings. The average Bonchev–Trinajstić information content (AvgIpc) is 1.99. The Bertz CT molecular complexity index is 286. The van der Waals surface area contributed by atoms with Crippen LogP contribution in [0.1, 0.15) is 20.8 Å². The quantitative estimate of drug-likeness (QED) is 0.686. The number of hydrogen-bond acceptors (Lipinski definition) is 3. The third-order valence-electron chi connectivity index (χ3n) is 1.28. The summed E-state index contributed by atoms with van der Waals surface area (Å²) in [7, 11) is 0. The molecule has 0 unspecified atom stereocenters. The fourth-order valence-corrected chi connectivity index (χ4v) is 0.810. The summed E-state index contributed by atoms with van der Waals surface area (Å²) in [5.41, 5.74) is 4.34. The number of rotatable bonds is 3. The predicted molar refractivity (Wildman–Crippen MR) is 55.8 cm³/mol. The van der Waals surface area contributed by atoms with Crippen molar-refractivity contribution in [3.8, 4) is 12.3 Å². The molecule has 0 aromatic heterocycles. The maximum Gasteiger partial charge on any atom is 0.411 e. The van der Waals surface area contributed by atoms with E-state index in [-0.39, 0.29) is 13.1 Å². The number of carbonyl (C=O) groups is 2. The van der Waals surface area contributed by atoms with Gasteiger partial charge < -0.3 is 10.5 Å². The lowest BCUT2D eigenvalue weighted by Gasteiger charge is -2.25. The topological polar surface area (TPSA) is 72.6 Å². The molecular weight excluding hydrogens is 196 g/mol. The molecule has 0 rings (SSSR count). The van der Waals surface area contributed by atoms with Crippen molar-refractivity contribution < 1.29 is 14.3 Å². The summed E-state index contributed by atoms with van der Waals surface area (Å²) >= 11 is 0. The lowest BCUT2D eigenvalue weighted by Crippen LogP contribution is -2.41. The van der Waals surface area contributed by atoms with Crippen molar-refractivity contribution >= 4 is 12.0 Å². The Hall–Kier alpha value is -1.70. The molecule has 0 heterocycles. The lowest BCUT2D eigenvalue weighted by atomic mass is 10.2. The summed E-state index contributed by atoms with van der Waals surface area (Å²) in [6, 6.07) is 0. The fourth-order valence-electron chi connectivity index (χ4n) is 0.810. The van der Waals surface area contributed by atoms with Crippen LogP contribution >= 0.6 is 0 Å². The Morgan fingerprint density at radius 2 is 2.00 bits per heavy atom. The molecule has 0 saturated heterocycles. The minimum atomic E-state index is -0.640. The van der Waals surface area contributed by atoms with Crippen LogP contribution in [-0.4, -0.2) is 35.6 Å². The zero-order valence-corrected chi connectivity index (χ0v) is 9.24. The van der Waals surface area contributed by atoms with E-state index >= 15 is 0 Å². The van der Waals surface area contributed by atoms with E-state index in [2.05, 4.69) is 5.92 Å². The van der Waals surface area contributed by atoms with Gasteiger partial charge in [-0.1, -0.05) is 5.92 Å². The molecule has 2 amide bonds. The molecule has 5 nitrogen and oxygen atoms in total. The van der Waals surface area contributed by atoms with Gasteiger partial charge in [0.05, 0.1) is 6.54 Å². The van der Waals surface area contributed by atoms with E-state index in [9.17, 15) is 9.59 Å². The van der Waals surface area contributed by atoms with Crippen molar-refractivity contribution in [3.05, 3.63) is 0 Å². The molecule has 84 valence electrons. The van der Waals surface area contributed by atoms with Crippen molar-refractivity contribution in [1.82, 2.24) is 4.90 Å². The first-order valence-corrected chi connectivity index (χ1v) is 4.46. The van der Waals surface area contributed by atoms with E-state index < -0.39 is 17.6 Å². The van der Waals surface area contributed by atoms with Crippen LogP contribution < -0.4 is 5.73 Å². The van der Waals surface area contributed by atoms with Crippen LogP contribution in [0.25, 0.3) is 0 Å². The molecule has 0 fully saturated rings. The van der Waals surface area contributed by atoms with Gasteiger partial charge in [-0.3, -0.25) is 9.69 Å². The van der Waals surface area contributed by atoms with E-state index in [1.807, 2.05) is 0 Å². The Morgan fingerprint density at radius 3 is 2.33 bits per heavy atom. The summed E-state index contributed by atoms with van der Waals surface area (Å²) in [6.07, 6.45) is 4.42. The van der Waals surface area contributed by atoms with Gasteiger partial charge in [0.2, 0.25) is 5.91 Å². The van der Waals surface area contributed by atoms with Crippen LogP contribution in [0.5, 0.6) is 0 Å². The minimum Gasteiger partial charge on any atom is -0.444 e. The Labute approximate surface area is 89.6 Å². The van der Waals surface area contributed by atoms with Gasteiger partial charge in [0, 0.05) is 0 Å². The van der Waals surface area contributed by atoms with Gasteiger partial charge in [0.25, 0.3) is 0 Å². The van der Waals surface area contributed by atoms with Gasteiger partial charge in [0.1, 0.15) is 12.1 Å². The molecule has 2 N–H and O–H groups in total. The summed E-state index contributed by atoms with van der Waals surface area (Å²) in [6.45, 7) is 4.94. The number of nitrogens with zero attached hydrogens (tertiary/aromatic N) is 1. The maximum atomic E-state index is 11.5. The molecule has 5 heteroatoms. The molecule has 0 aliphatic carbocycles. The monoisotopic (exact) mass is 212 g/mol. The number of carbonyl (C=O) groups excluding carboxylic acids is 2. The number of amides is 2. The van der Waals surface area contributed by atoms with E-state index in [1.165, 1.54) is 0 Å². The van der Waals surface area contributed by atoms with Gasteiger partial charge in [-0.25, -0.2) is 4.79 Å². The normalized spacial score (nSPS) is 10.3. The van der Waals surface area contributed by atoms with Crippen LogP contribution in [0.2, 0.25) is 0 Å². The van der Waals surface area contributed by atoms with E-state index in [0.717, 1.165) is 4.90 Å². The number of ether oxygens (including phenoxy) is 1. The minimum absolute atomic E-state index is 0.00213. The second kappa shape index (κ2) is 5.25. The van der Waals surface area contributed by atoms with E-state index in [1.54, 1.807) is 20.8 Å². The third-order valence-corrected chi connectivity index (χ3v) is 1.28. The van der Waals surface area contributed by atoms with Crippen LogP contribution in [-0.2, 0) is 9.53 Å². The Kier molecular flexibility index (Phi) is 4.65. The van der Waals surface area contributed by atoms with Crippen molar-refractivity contribution in [1.29, 1.82) is 0 Å². The Morgan fingerprint density at radius 1 is 1.47 bits per heavy atom. The highest BCUT2D eigenvalue weighted by molar-refractivity contribution is 5.81. The highest BCUT2D eigenvalue weighted by Crippen LogP contribution is 2.09. The van der Waals surface area contributed by atoms with E-state index in [4.69, 9.17) is 16.9 Å². The Balaban J connectivity index is 4.43. The molecule has 0 aliphatic heterocycles. The number of terminal acetylenes is 1. The first-order valence-electron chi connectivity index (χ1n) is 4.46. The summed E-state index contributed by atoms with van der Waals surface area (Å²) in [5.74, 6) is 1.63. The molecule has 0 spiro atoms. The second-order valence-corrected chi connectivity index (χ2v) is 4.01. The largest absolute Gasteiger partial charge is 0.444 e. The molecule has 0 radical (unpaired) electrons. The number of primary amides is 1. The van der Waals surface area contributed by atoms with Crippen molar-refractivity contribution in [2.75, 3.05) is 13.1 Å². The molecule has 15 heavy (non-hydrogen) atoms. The van der Waals surface area contributed by atoms with Crippen LogP contribution in [0, 0.1) is 12.3 Å². The molecule has 0 saturated carbocycles. The van der Waals surface area contributed by atoms with Gasteiger partial charge in [0.15, 0.2) is 0 Å². The van der Waals surface area contributed by atoms with Crippen molar-refractivity contribution in [2.45, 2.75) is 26.4 Å². The fraction of sp³-hybridized carbons (Fsp3) is 0.600. The summed E-state index contributed by atoms with van der Waals surface area (Å²) in [5, 5.41) is 0. The van der Waals surface area contributed by atoms with Crippen molar-refractivity contribution in [2.24, 2.45) is 5.73 Å². The predicted octanol–water partition coefficient (Wildman–Crippen LogP) is 0.342. The van der Waals surface area contributed by atoms with E-state index in [0.29, 0.717) is 0 Å². The smallest absolute Gasteiger partial charge is 0.411 e. The average molecular weight is 212 g/mol. The molecule has 0 bridgehead atoms. The van der Waals surface area contributed by atoms with Gasteiger partial charge in [-0.05, 0) is 20.8 Å². The van der Waals surface area contributed by atoms with Crippen LogP contribution in [0.15, 0.2) is 0 Å². The lowest BCUT2D eigenvalue weighted by molar-refractivity contribution is -0.119. The number of nitrogens with two attached hydrogens (primary N) is 1. The highest BCUT2D eigenvalue weighted by Gasteiger charge is 2.22. The second-order valence-electron chi connectivity index (χ2n) is 4.01. The number of hydrogen-bond donors (Lipinski definition) is 1. The van der Waals surface area contributed by atoms with Gasteiger partial charge in [-0.15, -0.1) is 6.42 Å². The van der Waals surface area contributed by atoms with Gasteiger partial charge in [-0.2, -0.15) is 0 Å². The molecule has 0 aromatic carbocycles. The zero-order valence-electron chi connectivity index (χ0n) is 9.24. The van der Waals surface area contributed by atoms with Crippen LogP contribution in [0.3, 0.4) is 0 Å². The first kappa shape index (κ1) is 13.3. The SMILES string of the molecule is C#CCN(CC(N)=O)C(=O)OC(C)(C)C. The molecular formula is C10H16N2O3.